The van der Waals surface area contributed by atoms with Crippen LogP contribution in [0, 0.1) is 12.3 Å². The van der Waals surface area contributed by atoms with Crippen LogP contribution in [0.2, 0.25) is 0 Å². The van der Waals surface area contributed by atoms with Crippen molar-refractivity contribution in [1.82, 2.24) is 0 Å². The van der Waals surface area contributed by atoms with Crippen LogP contribution in [0.25, 0.3) is 0 Å². The molecule has 0 heterocycles. The summed E-state index contributed by atoms with van der Waals surface area (Å²) in [5, 5.41) is 3.46. The average molecular weight is 433 g/mol. The summed E-state index contributed by atoms with van der Waals surface area (Å²) >= 11 is 0. The molecule has 0 amide bonds. The van der Waals surface area contributed by atoms with Gasteiger partial charge in [0.05, 0.1) is 0 Å². The molecule has 0 radical (unpaired) electrons. The minimum atomic E-state index is 0.514. The van der Waals surface area contributed by atoms with Crippen molar-refractivity contribution in [3.05, 3.63) is 95.1 Å². The molecular formula is C28H40N4. The van der Waals surface area contributed by atoms with Crippen molar-refractivity contribution in [3.63, 3.8) is 0 Å². The van der Waals surface area contributed by atoms with Crippen LogP contribution in [0.15, 0.2) is 72.8 Å². The van der Waals surface area contributed by atoms with Crippen molar-refractivity contribution in [3.8, 4) is 12.3 Å². The molecule has 0 aromatic heterocycles. The lowest BCUT2D eigenvalue weighted by Crippen LogP contribution is -2.04. The SMILES string of the molecule is C#Cc1ccccc1CN.CC.CCCNc1ccccc1Cc1ccccc1N.CN. The van der Waals surface area contributed by atoms with E-state index in [0.717, 1.165) is 36.2 Å². The van der Waals surface area contributed by atoms with Crippen molar-refractivity contribution in [2.24, 2.45) is 11.5 Å². The van der Waals surface area contributed by atoms with Gasteiger partial charge < -0.3 is 22.5 Å². The standard InChI is InChI=1S/C16H20N2.C9H9N.C2H6.CH5N/c1-2-11-18-16-10-6-4-8-14(16)12-13-7-3-5-9-15(13)17;1-2-8-5-3-4-6-9(8)7-10;2*1-2/h3-10,18H,2,11-12,17H2,1H3;1,3-6H,7,10H2;1-2H3;2H2,1H3. The fourth-order valence-electron chi connectivity index (χ4n) is 2.85. The van der Waals surface area contributed by atoms with E-state index in [1.165, 1.54) is 23.9 Å². The minimum Gasteiger partial charge on any atom is -0.398 e. The van der Waals surface area contributed by atoms with Gasteiger partial charge in [0.1, 0.15) is 0 Å². The normalized spacial score (nSPS) is 8.91. The number of terminal acetylenes is 1. The summed E-state index contributed by atoms with van der Waals surface area (Å²) < 4.78 is 0. The zero-order chi connectivity index (χ0) is 24.2. The lowest BCUT2D eigenvalue weighted by Gasteiger charge is -2.12. The second-order valence-corrected chi connectivity index (χ2v) is 6.47. The molecule has 32 heavy (non-hydrogen) atoms. The molecule has 7 N–H and O–H groups in total. The van der Waals surface area contributed by atoms with Gasteiger partial charge in [0.2, 0.25) is 0 Å². The first-order valence-electron chi connectivity index (χ1n) is 11.2. The molecule has 0 saturated heterocycles. The third kappa shape index (κ3) is 10.2. The Kier molecular flexibility index (Phi) is 16.6. The van der Waals surface area contributed by atoms with E-state index in [-0.39, 0.29) is 0 Å². The molecule has 3 aromatic carbocycles. The van der Waals surface area contributed by atoms with Gasteiger partial charge in [0.25, 0.3) is 0 Å². The number of nitrogens with one attached hydrogen (secondary N) is 1. The van der Waals surface area contributed by atoms with Crippen molar-refractivity contribution < 1.29 is 0 Å². The maximum absolute atomic E-state index is 6.00. The van der Waals surface area contributed by atoms with E-state index in [1.807, 2.05) is 56.3 Å². The number of nitrogens with two attached hydrogens (primary N) is 3. The second kappa shape index (κ2) is 18.5. The highest BCUT2D eigenvalue weighted by Crippen LogP contribution is 2.22. The smallest absolute Gasteiger partial charge is 0.0376 e. The maximum Gasteiger partial charge on any atom is 0.0376 e. The van der Waals surface area contributed by atoms with E-state index in [0.29, 0.717) is 6.54 Å². The van der Waals surface area contributed by atoms with Crippen LogP contribution >= 0.6 is 0 Å². The van der Waals surface area contributed by atoms with Crippen LogP contribution < -0.4 is 22.5 Å². The molecule has 4 nitrogen and oxygen atoms in total. The lowest BCUT2D eigenvalue weighted by molar-refractivity contribution is 0.974. The molecule has 0 bridgehead atoms. The molecule has 0 aliphatic heterocycles. The van der Waals surface area contributed by atoms with Gasteiger partial charge in [-0.2, -0.15) is 0 Å². The first-order chi connectivity index (χ1) is 15.7. The Morgan fingerprint density at radius 3 is 1.88 bits per heavy atom. The Morgan fingerprint density at radius 1 is 0.812 bits per heavy atom. The maximum atomic E-state index is 6.00. The fourth-order valence-corrected chi connectivity index (χ4v) is 2.85. The molecule has 0 atom stereocenters. The molecule has 172 valence electrons. The Morgan fingerprint density at radius 2 is 1.34 bits per heavy atom. The Bertz CT molecular complexity index is 913. The Hall–Kier alpha value is -3.26. The molecule has 3 aromatic rings. The monoisotopic (exact) mass is 432 g/mol. The average Bonchev–Trinajstić information content (AvgIpc) is 2.87. The minimum absolute atomic E-state index is 0.514. The van der Waals surface area contributed by atoms with Crippen LogP contribution in [0.5, 0.6) is 0 Å². The highest BCUT2D eigenvalue weighted by molar-refractivity contribution is 5.56. The predicted octanol–water partition coefficient (Wildman–Crippen LogP) is 5.41. The van der Waals surface area contributed by atoms with Gasteiger partial charge in [-0.1, -0.05) is 81.3 Å². The first kappa shape index (κ1) is 28.7. The highest BCUT2D eigenvalue weighted by Gasteiger charge is 2.04. The quantitative estimate of drug-likeness (QED) is 0.310. The van der Waals surface area contributed by atoms with Crippen LogP contribution in [-0.4, -0.2) is 13.6 Å². The number of benzene rings is 3. The molecule has 0 fully saturated rings. The van der Waals surface area contributed by atoms with E-state index >= 15 is 0 Å². The van der Waals surface area contributed by atoms with Gasteiger partial charge in [-0.3, -0.25) is 0 Å². The summed E-state index contributed by atoms with van der Waals surface area (Å²) in [7, 11) is 1.50. The summed E-state index contributed by atoms with van der Waals surface area (Å²) in [6, 6.07) is 24.2. The Labute approximate surface area is 195 Å². The summed E-state index contributed by atoms with van der Waals surface area (Å²) in [5.74, 6) is 2.57. The summed E-state index contributed by atoms with van der Waals surface area (Å²) in [4.78, 5) is 0. The number of hydrogen-bond acceptors (Lipinski definition) is 4. The van der Waals surface area contributed by atoms with Crippen molar-refractivity contribution >= 4 is 11.4 Å². The predicted molar refractivity (Wildman–Crippen MR) is 143 cm³/mol. The van der Waals surface area contributed by atoms with E-state index in [1.54, 1.807) is 0 Å². The summed E-state index contributed by atoms with van der Waals surface area (Å²) in [6.45, 7) is 7.69. The van der Waals surface area contributed by atoms with Gasteiger partial charge in [-0.15, -0.1) is 6.42 Å². The van der Waals surface area contributed by atoms with Gasteiger partial charge in [0, 0.05) is 36.4 Å². The topological polar surface area (TPSA) is 90.1 Å². The van der Waals surface area contributed by atoms with Crippen LogP contribution in [0.4, 0.5) is 11.4 Å². The molecular weight excluding hydrogens is 392 g/mol. The van der Waals surface area contributed by atoms with Gasteiger partial charge in [-0.25, -0.2) is 0 Å². The van der Waals surface area contributed by atoms with Crippen LogP contribution in [-0.2, 0) is 13.0 Å². The van der Waals surface area contributed by atoms with Gasteiger partial charge >= 0.3 is 0 Å². The van der Waals surface area contributed by atoms with Crippen LogP contribution in [0.1, 0.15) is 49.4 Å². The van der Waals surface area contributed by atoms with E-state index < -0.39 is 0 Å². The number of para-hydroxylation sites is 2. The number of hydrogen-bond donors (Lipinski definition) is 4. The molecule has 3 rings (SSSR count). The molecule has 0 aliphatic rings. The fraction of sp³-hybridized carbons (Fsp3) is 0.286. The highest BCUT2D eigenvalue weighted by atomic mass is 14.9. The van der Waals surface area contributed by atoms with E-state index in [4.69, 9.17) is 17.9 Å². The summed E-state index contributed by atoms with van der Waals surface area (Å²) in [5.41, 5.74) is 22.4. The van der Waals surface area contributed by atoms with E-state index in [9.17, 15) is 0 Å². The second-order valence-electron chi connectivity index (χ2n) is 6.47. The number of nitrogen functional groups attached to an aromatic ring is 1. The molecule has 0 saturated carbocycles. The van der Waals surface area contributed by atoms with E-state index in [2.05, 4.69) is 54.2 Å². The Balaban J connectivity index is 0.000000582. The third-order valence-electron chi connectivity index (χ3n) is 4.41. The zero-order valence-electron chi connectivity index (χ0n) is 20.1. The third-order valence-corrected chi connectivity index (χ3v) is 4.41. The lowest BCUT2D eigenvalue weighted by atomic mass is 10.0. The molecule has 0 unspecified atom stereocenters. The van der Waals surface area contributed by atoms with Crippen molar-refractivity contribution in [2.45, 2.75) is 40.2 Å². The van der Waals surface area contributed by atoms with Crippen LogP contribution in [0.3, 0.4) is 0 Å². The summed E-state index contributed by atoms with van der Waals surface area (Å²) in [6.07, 6.45) is 7.22. The van der Waals surface area contributed by atoms with Gasteiger partial charge in [-0.05, 0) is 48.4 Å². The van der Waals surface area contributed by atoms with Crippen molar-refractivity contribution in [2.75, 3.05) is 24.6 Å². The van der Waals surface area contributed by atoms with Crippen molar-refractivity contribution in [1.29, 1.82) is 0 Å². The molecule has 0 aliphatic carbocycles. The molecule has 0 spiro atoms. The van der Waals surface area contributed by atoms with Gasteiger partial charge in [0.15, 0.2) is 0 Å². The number of rotatable bonds is 6. The number of anilines is 2. The largest absolute Gasteiger partial charge is 0.398 e. The molecule has 4 heteroatoms. The first-order valence-corrected chi connectivity index (χ1v) is 11.2. The zero-order valence-corrected chi connectivity index (χ0v) is 20.1.